The van der Waals surface area contributed by atoms with Gasteiger partial charge in [0.2, 0.25) is 0 Å². The summed E-state index contributed by atoms with van der Waals surface area (Å²) in [5.41, 5.74) is 14.3. The smallest absolute Gasteiger partial charge is 0.160 e. The quantitative estimate of drug-likeness (QED) is 0.172. The lowest BCUT2D eigenvalue weighted by Gasteiger charge is -2.14. The molecule has 56 heavy (non-hydrogen) atoms. The molecule has 3 aromatic heterocycles. The minimum Gasteiger partial charge on any atom is -0.317 e. The van der Waals surface area contributed by atoms with Gasteiger partial charge in [0.25, 0.3) is 0 Å². The van der Waals surface area contributed by atoms with Crippen LogP contribution in [0.5, 0.6) is 0 Å². The molecule has 0 aliphatic heterocycles. The lowest BCUT2D eigenvalue weighted by Crippen LogP contribution is -1.97. The van der Waals surface area contributed by atoms with Crippen molar-refractivity contribution in [3.63, 3.8) is 0 Å². The molecule has 4 heteroatoms. The highest BCUT2D eigenvalue weighted by atomic mass is 15.0. The van der Waals surface area contributed by atoms with Crippen LogP contribution in [0.2, 0.25) is 0 Å². The predicted molar refractivity (Wildman–Crippen MR) is 232 cm³/mol. The molecule has 0 bridgehead atoms. The van der Waals surface area contributed by atoms with Crippen molar-refractivity contribution in [1.82, 2.24) is 19.1 Å². The van der Waals surface area contributed by atoms with Crippen LogP contribution < -0.4 is 0 Å². The van der Waals surface area contributed by atoms with Gasteiger partial charge in [0.15, 0.2) is 5.82 Å². The molecule has 0 fully saturated rings. The summed E-state index contributed by atoms with van der Waals surface area (Å²) in [5, 5.41) is 4.67. The first-order valence-corrected chi connectivity index (χ1v) is 19.0. The van der Waals surface area contributed by atoms with Gasteiger partial charge in [0.1, 0.15) is 0 Å². The van der Waals surface area contributed by atoms with Gasteiger partial charge in [-0.25, -0.2) is 9.97 Å². The SMILES string of the molecule is c1ccc(-c2cc(-c3ccccc3)cc(-c3nc(-c4ccc(-n5c6ccccc6c6cc7c(ccn7-c7ccccc7)cc65)cc4)nc4ccccc34)c2)cc1. The van der Waals surface area contributed by atoms with Crippen molar-refractivity contribution in [2.75, 3.05) is 0 Å². The molecule has 0 radical (unpaired) electrons. The largest absolute Gasteiger partial charge is 0.317 e. The topological polar surface area (TPSA) is 35.6 Å². The fourth-order valence-electron chi connectivity index (χ4n) is 8.23. The summed E-state index contributed by atoms with van der Waals surface area (Å²) in [4.78, 5) is 10.5. The maximum absolute atomic E-state index is 5.34. The van der Waals surface area contributed by atoms with Gasteiger partial charge in [-0.1, -0.05) is 115 Å². The van der Waals surface area contributed by atoms with Crippen LogP contribution in [0.3, 0.4) is 0 Å². The first-order chi connectivity index (χ1) is 27.7. The number of para-hydroxylation sites is 3. The molecule has 0 amide bonds. The molecule has 0 N–H and O–H groups in total. The average Bonchev–Trinajstić information content (AvgIpc) is 3.84. The van der Waals surface area contributed by atoms with Crippen molar-refractivity contribution < 1.29 is 0 Å². The van der Waals surface area contributed by atoms with E-state index in [1.165, 1.54) is 43.8 Å². The lowest BCUT2D eigenvalue weighted by atomic mass is 9.94. The Morgan fingerprint density at radius 1 is 0.339 bits per heavy atom. The van der Waals surface area contributed by atoms with Gasteiger partial charge < -0.3 is 9.13 Å². The molecular formula is C52H34N4. The molecule has 0 spiro atoms. The van der Waals surface area contributed by atoms with Crippen molar-refractivity contribution in [3.8, 4) is 56.3 Å². The molecule has 0 aliphatic carbocycles. The summed E-state index contributed by atoms with van der Waals surface area (Å²) >= 11 is 0. The second-order valence-electron chi connectivity index (χ2n) is 14.3. The monoisotopic (exact) mass is 714 g/mol. The normalized spacial score (nSPS) is 11.6. The molecule has 0 atom stereocenters. The van der Waals surface area contributed by atoms with Crippen LogP contribution in [0.25, 0.3) is 99.9 Å². The summed E-state index contributed by atoms with van der Waals surface area (Å²) in [6.45, 7) is 0. The zero-order valence-corrected chi connectivity index (χ0v) is 30.4. The van der Waals surface area contributed by atoms with Gasteiger partial charge in [-0.05, 0) is 107 Å². The molecule has 8 aromatic carbocycles. The predicted octanol–water partition coefficient (Wildman–Crippen LogP) is 13.3. The third-order valence-corrected chi connectivity index (χ3v) is 10.9. The van der Waals surface area contributed by atoms with E-state index in [0.29, 0.717) is 5.82 Å². The van der Waals surface area contributed by atoms with Crippen molar-refractivity contribution in [1.29, 1.82) is 0 Å². The Morgan fingerprint density at radius 3 is 1.66 bits per heavy atom. The van der Waals surface area contributed by atoms with E-state index in [0.717, 1.165) is 50.2 Å². The number of fused-ring (bicyclic) bond motifs is 5. The van der Waals surface area contributed by atoms with Crippen LogP contribution in [0.15, 0.2) is 206 Å². The molecule has 0 saturated carbocycles. The zero-order valence-electron chi connectivity index (χ0n) is 30.4. The number of benzene rings is 8. The zero-order chi connectivity index (χ0) is 37.0. The fraction of sp³-hybridized carbons (Fsp3) is 0. The molecule has 0 unspecified atom stereocenters. The summed E-state index contributed by atoms with van der Waals surface area (Å²) in [5.74, 6) is 0.697. The van der Waals surface area contributed by atoms with Gasteiger partial charge in [0.05, 0.1) is 27.8 Å². The van der Waals surface area contributed by atoms with Crippen LogP contribution >= 0.6 is 0 Å². The minimum atomic E-state index is 0.697. The van der Waals surface area contributed by atoms with Gasteiger partial charge >= 0.3 is 0 Å². The van der Waals surface area contributed by atoms with Crippen LogP contribution in [0.4, 0.5) is 0 Å². The second-order valence-corrected chi connectivity index (χ2v) is 14.3. The van der Waals surface area contributed by atoms with Crippen molar-refractivity contribution in [2.45, 2.75) is 0 Å². The van der Waals surface area contributed by atoms with E-state index in [4.69, 9.17) is 9.97 Å². The van der Waals surface area contributed by atoms with Crippen molar-refractivity contribution >= 4 is 43.6 Å². The van der Waals surface area contributed by atoms with Crippen LogP contribution in [0.1, 0.15) is 0 Å². The Morgan fingerprint density at radius 2 is 0.946 bits per heavy atom. The first kappa shape index (κ1) is 31.9. The van der Waals surface area contributed by atoms with Crippen molar-refractivity contribution in [2.24, 2.45) is 0 Å². The number of hydrogen-bond acceptors (Lipinski definition) is 2. The van der Waals surface area contributed by atoms with Gasteiger partial charge in [0, 0.05) is 50.2 Å². The van der Waals surface area contributed by atoms with Crippen LogP contribution in [0, 0.1) is 0 Å². The number of rotatable bonds is 6. The lowest BCUT2D eigenvalue weighted by molar-refractivity contribution is 1.13. The van der Waals surface area contributed by atoms with Crippen LogP contribution in [-0.4, -0.2) is 19.1 Å². The van der Waals surface area contributed by atoms with Gasteiger partial charge in [-0.3, -0.25) is 0 Å². The Kier molecular flexibility index (Phi) is 7.46. The van der Waals surface area contributed by atoms with E-state index in [1.54, 1.807) is 0 Å². The Hall–Kier alpha value is -7.56. The van der Waals surface area contributed by atoms with Crippen LogP contribution in [-0.2, 0) is 0 Å². The number of nitrogens with zero attached hydrogens (tertiary/aromatic N) is 4. The average molecular weight is 715 g/mol. The van der Waals surface area contributed by atoms with E-state index >= 15 is 0 Å². The maximum atomic E-state index is 5.34. The summed E-state index contributed by atoms with van der Waals surface area (Å²) in [6, 6.07) is 71.1. The molecule has 11 rings (SSSR count). The molecule has 4 nitrogen and oxygen atoms in total. The number of aromatic nitrogens is 4. The first-order valence-electron chi connectivity index (χ1n) is 19.0. The molecule has 0 saturated heterocycles. The highest BCUT2D eigenvalue weighted by Crippen LogP contribution is 2.38. The van der Waals surface area contributed by atoms with E-state index < -0.39 is 0 Å². The Labute approximate surface area is 324 Å². The second kappa shape index (κ2) is 13.1. The number of hydrogen-bond donors (Lipinski definition) is 0. The Bertz CT molecular complexity index is 3160. The summed E-state index contributed by atoms with van der Waals surface area (Å²) in [7, 11) is 0. The molecule has 262 valence electrons. The Balaban J connectivity index is 1.05. The molecule has 0 aliphatic rings. The highest BCUT2D eigenvalue weighted by Gasteiger charge is 2.17. The highest BCUT2D eigenvalue weighted by molar-refractivity contribution is 6.13. The van der Waals surface area contributed by atoms with Gasteiger partial charge in [-0.2, -0.15) is 0 Å². The third kappa shape index (κ3) is 5.39. The van der Waals surface area contributed by atoms with E-state index in [1.807, 2.05) is 0 Å². The summed E-state index contributed by atoms with van der Waals surface area (Å²) < 4.78 is 4.65. The standard InChI is InChI=1S/C52H34N4/c1-4-14-35(15-5-1)39-30-40(36-16-6-2-7-17-36)32-41(31-39)51-45-21-10-12-22-47(45)53-52(54-51)37-24-26-43(27-25-37)56-48-23-13-11-20-44(48)46-34-49-38(33-50(46)56)28-29-55(49)42-18-8-3-9-19-42/h1-34H. The molecule has 3 heterocycles. The maximum Gasteiger partial charge on any atom is 0.160 e. The molecule has 11 aromatic rings. The summed E-state index contributed by atoms with van der Waals surface area (Å²) in [6.07, 6.45) is 2.17. The fourth-order valence-corrected chi connectivity index (χ4v) is 8.23. The molecular weight excluding hydrogens is 681 g/mol. The minimum absolute atomic E-state index is 0.697. The van der Waals surface area contributed by atoms with Gasteiger partial charge in [-0.15, -0.1) is 0 Å². The van der Waals surface area contributed by atoms with E-state index in [-0.39, 0.29) is 0 Å². The van der Waals surface area contributed by atoms with Crippen molar-refractivity contribution in [3.05, 3.63) is 206 Å². The van der Waals surface area contributed by atoms with E-state index in [2.05, 4.69) is 216 Å². The van der Waals surface area contributed by atoms with E-state index in [9.17, 15) is 0 Å². The third-order valence-electron chi connectivity index (χ3n) is 10.9.